The average molecular weight is 623 g/mol. The van der Waals surface area contributed by atoms with Crippen molar-refractivity contribution >= 4 is 46.4 Å². The first-order valence-electron chi connectivity index (χ1n) is 15.1. The molecule has 6 rings (SSSR count). The summed E-state index contributed by atoms with van der Waals surface area (Å²) in [5, 5.41) is 12.8. The minimum atomic E-state index is -0.745. The van der Waals surface area contributed by atoms with E-state index in [-0.39, 0.29) is 40.0 Å². The Morgan fingerprint density at radius 1 is 0.891 bits per heavy atom. The van der Waals surface area contributed by atoms with E-state index in [1.807, 2.05) is 44.2 Å². The fourth-order valence-electron chi connectivity index (χ4n) is 5.56. The number of anilines is 2. The largest absolute Gasteiger partial charge is 0.445 e. The second-order valence-corrected chi connectivity index (χ2v) is 11.8. The average Bonchev–Trinajstić information content (AvgIpc) is 3.84. The number of rotatable bonds is 8. The Balaban J connectivity index is 1.30. The Bertz CT molecular complexity index is 1930. The van der Waals surface area contributed by atoms with Crippen molar-refractivity contribution in [1.29, 1.82) is 0 Å². The van der Waals surface area contributed by atoms with E-state index in [1.165, 1.54) is 6.07 Å². The molecule has 3 N–H and O–H groups in total. The van der Waals surface area contributed by atoms with Crippen LogP contribution >= 0.6 is 0 Å². The molecule has 3 amide bonds. The summed E-state index contributed by atoms with van der Waals surface area (Å²) in [7, 11) is 1.74. The molecule has 3 heterocycles. The molecule has 5 aromatic rings. The maximum Gasteiger partial charge on any atom is 0.435 e. The van der Waals surface area contributed by atoms with Gasteiger partial charge in [-0.15, -0.1) is 5.10 Å². The number of aromatic nitrogens is 3. The van der Waals surface area contributed by atoms with Crippen molar-refractivity contribution in [2.24, 2.45) is 7.05 Å². The highest BCUT2D eigenvalue weighted by atomic mass is 16.6. The molecule has 1 aliphatic rings. The van der Waals surface area contributed by atoms with Crippen LogP contribution in [-0.4, -0.2) is 44.3 Å². The van der Waals surface area contributed by atoms with Crippen molar-refractivity contribution in [3.63, 3.8) is 0 Å². The summed E-state index contributed by atoms with van der Waals surface area (Å²) in [6.45, 7) is 3.73. The summed E-state index contributed by atoms with van der Waals surface area (Å²) < 4.78 is 14.3. The smallest absolute Gasteiger partial charge is 0.435 e. The van der Waals surface area contributed by atoms with E-state index < -0.39 is 29.4 Å². The first kappa shape index (κ1) is 30.4. The van der Waals surface area contributed by atoms with Crippen LogP contribution < -0.4 is 16.0 Å². The molecular weight excluding hydrogens is 588 g/mol. The highest BCUT2D eigenvalue weighted by molar-refractivity contribution is 6.14. The molecule has 0 unspecified atom stereocenters. The van der Waals surface area contributed by atoms with Crippen LogP contribution in [0.4, 0.5) is 16.3 Å². The molecule has 0 aliphatic heterocycles. The fourth-order valence-corrected chi connectivity index (χ4v) is 5.56. The molecule has 1 aliphatic carbocycles. The Hall–Kier alpha value is -5.65. The maximum absolute atomic E-state index is 13.6. The van der Waals surface area contributed by atoms with Crippen molar-refractivity contribution in [2.75, 3.05) is 10.6 Å². The number of carbonyl (C=O) groups is 4. The van der Waals surface area contributed by atoms with Gasteiger partial charge in [0.05, 0.1) is 16.8 Å². The third kappa shape index (κ3) is 6.14. The SMILES string of the molecule is Cn1cccc1C(=O)Nc1ccccc1C(=O)Nc1nn(C(=O)OC2CCCC2)c2cc(C(=O)NC(C)(C)c3ccccc3)oc12. The van der Waals surface area contributed by atoms with E-state index in [9.17, 15) is 19.2 Å². The third-order valence-corrected chi connectivity index (χ3v) is 8.07. The molecule has 0 bridgehead atoms. The van der Waals surface area contributed by atoms with Gasteiger partial charge in [-0.1, -0.05) is 42.5 Å². The van der Waals surface area contributed by atoms with Gasteiger partial charge in [0.1, 0.15) is 17.3 Å². The number of fused-ring (bicyclic) bond motifs is 1. The summed E-state index contributed by atoms with van der Waals surface area (Å²) in [5.74, 6) is -1.70. The van der Waals surface area contributed by atoms with Crippen LogP contribution in [0.15, 0.2) is 83.4 Å². The number of hydrogen-bond acceptors (Lipinski definition) is 7. The lowest BCUT2D eigenvalue weighted by atomic mass is 9.94. The van der Waals surface area contributed by atoms with Crippen LogP contribution in [0.25, 0.3) is 11.1 Å². The standard InChI is InChI=1S/C34H34N6O6/c1-34(2,21-12-5-4-6-13-21)37-32(43)27-20-26-28(46-27)29(38-40(26)33(44)45-22-14-7-8-15-22)36-30(41)23-16-9-10-17-24(23)35-31(42)25-18-11-19-39(25)3/h4-6,9-13,16-20,22H,7-8,14-15H2,1-3H3,(H,35,42)(H,37,43)(H,36,38,41). The van der Waals surface area contributed by atoms with Crippen LogP contribution in [0.3, 0.4) is 0 Å². The molecule has 46 heavy (non-hydrogen) atoms. The van der Waals surface area contributed by atoms with Crippen LogP contribution in [0.1, 0.15) is 76.5 Å². The number of hydrogen-bond donors (Lipinski definition) is 3. The highest BCUT2D eigenvalue weighted by Gasteiger charge is 2.30. The van der Waals surface area contributed by atoms with E-state index in [1.54, 1.807) is 54.2 Å². The minimum Gasteiger partial charge on any atom is -0.445 e. The second kappa shape index (κ2) is 12.4. The molecule has 2 aromatic carbocycles. The minimum absolute atomic E-state index is 0.0183. The van der Waals surface area contributed by atoms with Crippen LogP contribution in [-0.2, 0) is 17.3 Å². The van der Waals surface area contributed by atoms with E-state index in [4.69, 9.17) is 9.15 Å². The van der Waals surface area contributed by atoms with Gasteiger partial charge < -0.3 is 29.7 Å². The number of furan rings is 1. The first-order valence-corrected chi connectivity index (χ1v) is 15.1. The second-order valence-electron chi connectivity index (χ2n) is 11.8. The molecule has 0 saturated heterocycles. The quantitative estimate of drug-likeness (QED) is 0.190. The summed E-state index contributed by atoms with van der Waals surface area (Å²) in [6.07, 6.45) is 4.17. The van der Waals surface area contributed by atoms with Gasteiger partial charge in [-0.3, -0.25) is 14.4 Å². The van der Waals surface area contributed by atoms with Crippen molar-refractivity contribution in [1.82, 2.24) is 19.7 Å². The number of ether oxygens (including phenoxy) is 1. The van der Waals surface area contributed by atoms with Crippen molar-refractivity contribution < 1.29 is 28.3 Å². The van der Waals surface area contributed by atoms with E-state index in [0.717, 1.165) is 35.9 Å². The van der Waals surface area contributed by atoms with Crippen molar-refractivity contribution in [2.45, 2.75) is 51.2 Å². The van der Waals surface area contributed by atoms with Crippen LogP contribution in [0.2, 0.25) is 0 Å². The number of amides is 3. The van der Waals surface area contributed by atoms with E-state index >= 15 is 0 Å². The summed E-state index contributed by atoms with van der Waals surface area (Å²) in [4.78, 5) is 53.2. The van der Waals surface area contributed by atoms with Crippen molar-refractivity contribution in [3.05, 3.63) is 102 Å². The van der Waals surface area contributed by atoms with E-state index in [2.05, 4.69) is 21.0 Å². The third-order valence-electron chi connectivity index (χ3n) is 8.07. The lowest BCUT2D eigenvalue weighted by Crippen LogP contribution is -2.40. The lowest BCUT2D eigenvalue weighted by Gasteiger charge is -2.26. The molecule has 3 aromatic heterocycles. The Morgan fingerprint density at radius 3 is 2.33 bits per heavy atom. The van der Waals surface area contributed by atoms with Gasteiger partial charge in [-0.2, -0.15) is 4.68 Å². The van der Waals surface area contributed by atoms with E-state index in [0.29, 0.717) is 5.69 Å². The first-order chi connectivity index (χ1) is 22.1. The van der Waals surface area contributed by atoms with Gasteiger partial charge >= 0.3 is 6.09 Å². The van der Waals surface area contributed by atoms with Crippen molar-refractivity contribution in [3.8, 4) is 0 Å². The Labute approximate surface area is 264 Å². The molecule has 0 radical (unpaired) electrons. The number of nitrogens with zero attached hydrogens (tertiary/aromatic N) is 3. The van der Waals surface area contributed by atoms with Gasteiger partial charge in [0.15, 0.2) is 17.2 Å². The number of nitrogens with one attached hydrogen (secondary N) is 3. The molecule has 236 valence electrons. The zero-order chi connectivity index (χ0) is 32.4. The summed E-state index contributed by atoms with van der Waals surface area (Å²) >= 11 is 0. The Morgan fingerprint density at radius 2 is 1.61 bits per heavy atom. The van der Waals surface area contributed by atoms with Gasteiger partial charge in [-0.25, -0.2) is 4.79 Å². The molecule has 0 spiro atoms. The molecule has 1 saturated carbocycles. The maximum atomic E-state index is 13.6. The summed E-state index contributed by atoms with van der Waals surface area (Å²) in [6, 6.07) is 20.8. The predicted molar refractivity (Wildman–Crippen MR) is 171 cm³/mol. The number of para-hydroxylation sites is 1. The molecular formula is C34H34N6O6. The fraction of sp³-hybridized carbons (Fsp3) is 0.265. The number of carbonyl (C=O) groups excluding carboxylic acids is 4. The van der Waals surface area contributed by atoms with Crippen LogP contribution in [0, 0.1) is 0 Å². The van der Waals surface area contributed by atoms with Crippen LogP contribution in [0.5, 0.6) is 0 Å². The number of aryl methyl sites for hydroxylation is 1. The Kier molecular flexibility index (Phi) is 8.18. The van der Waals surface area contributed by atoms with Gasteiger partial charge in [0.25, 0.3) is 17.7 Å². The monoisotopic (exact) mass is 622 g/mol. The normalized spacial score (nSPS) is 13.5. The zero-order valence-electron chi connectivity index (χ0n) is 25.7. The topological polar surface area (TPSA) is 149 Å². The summed E-state index contributed by atoms with van der Waals surface area (Å²) in [5.41, 5.74) is 1.15. The molecule has 12 nitrogen and oxygen atoms in total. The highest BCUT2D eigenvalue weighted by Crippen LogP contribution is 2.30. The lowest BCUT2D eigenvalue weighted by molar-refractivity contribution is 0.0884. The predicted octanol–water partition coefficient (Wildman–Crippen LogP) is 6.06. The van der Waals surface area contributed by atoms with Gasteiger partial charge in [0.2, 0.25) is 0 Å². The molecule has 12 heteroatoms. The molecule has 0 atom stereocenters. The van der Waals surface area contributed by atoms with Gasteiger partial charge in [-0.05, 0) is 69.4 Å². The number of benzene rings is 2. The zero-order valence-corrected chi connectivity index (χ0v) is 25.7. The van der Waals surface area contributed by atoms with Gasteiger partial charge in [0, 0.05) is 19.3 Å². The molecule has 1 fully saturated rings.